The molecule has 0 aliphatic carbocycles. The maximum Gasteiger partial charge on any atom is 0.244 e. The Balaban J connectivity index is 0.00000243. The highest BCUT2D eigenvalue weighted by molar-refractivity contribution is 7.99. The topological polar surface area (TPSA) is 84.7 Å². The first kappa shape index (κ1) is 21.0. The van der Waals surface area contributed by atoms with Crippen LogP contribution in [0.1, 0.15) is 18.4 Å². The highest BCUT2D eigenvalue weighted by atomic mass is 35.5. The number of carbonyl (C=O) groups excluding carboxylic acids is 2. The van der Waals surface area contributed by atoms with E-state index in [0.717, 1.165) is 30.2 Å². The summed E-state index contributed by atoms with van der Waals surface area (Å²) in [5, 5.41) is 2.88. The van der Waals surface area contributed by atoms with Crippen molar-refractivity contribution in [1.29, 1.82) is 0 Å². The Labute approximate surface area is 164 Å². The lowest BCUT2D eigenvalue weighted by atomic mass is 9.90. The van der Waals surface area contributed by atoms with Gasteiger partial charge in [0, 0.05) is 43.5 Å². The summed E-state index contributed by atoms with van der Waals surface area (Å²) >= 11 is 1.89. The molecule has 3 rings (SSSR count). The minimum atomic E-state index is -0.862. The van der Waals surface area contributed by atoms with Crippen molar-refractivity contribution in [1.82, 2.24) is 4.90 Å². The Morgan fingerprint density at radius 1 is 1.15 bits per heavy atom. The zero-order chi connectivity index (χ0) is 17.7. The highest BCUT2D eigenvalue weighted by Gasteiger charge is 2.35. The standard InChI is InChI=1S/C18H25N3O3S.ClH/c19-18(5-9-24-10-6-18)17(23)20-15-3-1-14(2-4-15)13-16(22)21-7-11-25-12-8-21;/h1-4H,5-13,19H2,(H,20,23);1H. The summed E-state index contributed by atoms with van der Waals surface area (Å²) in [6, 6.07) is 7.43. The van der Waals surface area contributed by atoms with E-state index in [4.69, 9.17) is 10.5 Å². The van der Waals surface area contributed by atoms with E-state index in [2.05, 4.69) is 5.32 Å². The molecule has 0 atom stereocenters. The molecular weight excluding hydrogens is 374 g/mol. The van der Waals surface area contributed by atoms with Gasteiger partial charge in [0.1, 0.15) is 5.54 Å². The number of hydrogen-bond donors (Lipinski definition) is 2. The normalized spacial score (nSPS) is 19.3. The maximum atomic E-state index is 12.4. The lowest BCUT2D eigenvalue weighted by Crippen LogP contribution is -2.54. The average Bonchev–Trinajstić information content (AvgIpc) is 2.64. The summed E-state index contributed by atoms with van der Waals surface area (Å²) in [6.45, 7) is 2.69. The van der Waals surface area contributed by atoms with Crippen molar-refractivity contribution < 1.29 is 14.3 Å². The third-order valence-electron chi connectivity index (χ3n) is 4.77. The van der Waals surface area contributed by atoms with Gasteiger partial charge in [0.15, 0.2) is 0 Å². The van der Waals surface area contributed by atoms with E-state index < -0.39 is 5.54 Å². The number of carbonyl (C=O) groups is 2. The molecule has 144 valence electrons. The molecule has 1 aromatic carbocycles. The fourth-order valence-corrected chi connectivity index (χ4v) is 3.93. The molecule has 2 amide bonds. The number of amides is 2. The molecule has 0 unspecified atom stereocenters. The van der Waals surface area contributed by atoms with E-state index >= 15 is 0 Å². The van der Waals surface area contributed by atoms with Crippen LogP contribution in [0.3, 0.4) is 0 Å². The van der Waals surface area contributed by atoms with Crippen molar-refractivity contribution in [2.75, 3.05) is 43.1 Å². The van der Waals surface area contributed by atoms with Crippen LogP contribution < -0.4 is 11.1 Å². The molecule has 0 radical (unpaired) electrons. The molecular formula is C18H26ClN3O3S. The van der Waals surface area contributed by atoms with Gasteiger partial charge in [-0.15, -0.1) is 12.4 Å². The predicted molar refractivity (Wildman–Crippen MR) is 107 cm³/mol. The molecule has 1 aromatic rings. The van der Waals surface area contributed by atoms with Crippen molar-refractivity contribution in [2.24, 2.45) is 5.73 Å². The van der Waals surface area contributed by atoms with Crippen LogP contribution in [0.15, 0.2) is 24.3 Å². The average molecular weight is 400 g/mol. The Kier molecular flexibility index (Phi) is 7.76. The van der Waals surface area contributed by atoms with Gasteiger partial charge < -0.3 is 20.7 Å². The number of rotatable bonds is 4. The van der Waals surface area contributed by atoms with Gasteiger partial charge in [0.25, 0.3) is 0 Å². The molecule has 2 fully saturated rings. The van der Waals surface area contributed by atoms with Crippen LogP contribution in [-0.2, 0) is 20.7 Å². The molecule has 8 heteroatoms. The van der Waals surface area contributed by atoms with Crippen molar-refractivity contribution in [3.8, 4) is 0 Å². The zero-order valence-corrected chi connectivity index (χ0v) is 16.4. The Hall–Kier alpha value is -1.28. The van der Waals surface area contributed by atoms with Crippen LogP contribution in [0.25, 0.3) is 0 Å². The molecule has 3 N–H and O–H groups in total. The molecule has 0 bridgehead atoms. The van der Waals surface area contributed by atoms with Gasteiger partial charge in [-0.2, -0.15) is 11.8 Å². The van der Waals surface area contributed by atoms with Crippen molar-refractivity contribution in [2.45, 2.75) is 24.8 Å². The smallest absolute Gasteiger partial charge is 0.244 e. The monoisotopic (exact) mass is 399 g/mol. The van der Waals surface area contributed by atoms with E-state index in [1.807, 2.05) is 40.9 Å². The number of ether oxygens (including phenoxy) is 1. The van der Waals surface area contributed by atoms with Crippen molar-refractivity contribution >= 4 is 41.7 Å². The maximum absolute atomic E-state index is 12.4. The SMILES string of the molecule is Cl.NC1(C(=O)Nc2ccc(CC(=O)N3CCSCC3)cc2)CCOCC1. The molecule has 0 spiro atoms. The van der Waals surface area contributed by atoms with E-state index in [1.54, 1.807) is 0 Å². The largest absolute Gasteiger partial charge is 0.381 e. The van der Waals surface area contributed by atoms with Gasteiger partial charge in [0.2, 0.25) is 11.8 Å². The highest BCUT2D eigenvalue weighted by Crippen LogP contribution is 2.21. The minimum absolute atomic E-state index is 0. The molecule has 0 saturated carbocycles. The number of thioether (sulfide) groups is 1. The first-order chi connectivity index (χ1) is 12.1. The molecule has 2 aliphatic heterocycles. The van der Waals surface area contributed by atoms with Gasteiger partial charge in [0.05, 0.1) is 6.42 Å². The summed E-state index contributed by atoms with van der Waals surface area (Å²) < 4.78 is 5.27. The van der Waals surface area contributed by atoms with Gasteiger partial charge in [-0.1, -0.05) is 12.1 Å². The Bertz CT molecular complexity index is 615. The summed E-state index contributed by atoms with van der Waals surface area (Å²) in [6.07, 6.45) is 1.45. The first-order valence-corrected chi connectivity index (χ1v) is 9.85. The summed E-state index contributed by atoms with van der Waals surface area (Å²) in [4.78, 5) is 26.6. The second kappa shape index (κ2) is 9.60. The van der Waals surface area contributed by atoms with Crippen LogP contribution in [0, 0.1) is 0 Å². The van der Waals surface area contributed by atoms with E-state index in [1.165, 1.54) is 0 Å². The van der Waals surface area contributed by atoms with E-state index in [9.17, 15) is 9.59 Å². The number of nitrogens with zero attached hydrogens (tertiary/aromatic N) is 1. The third kappa shape index (κ3) is 5.36. The molecule has 2 heterocycles. The summed E-state index contributed by atoms with van der Waals surface area (Å²) in [7, 11) is 0. The number of benzene rings is 1. The Morgan fingerprint density at radius 2 is 1.77 bits per heavy atom. The first-order valence-electron chi connectivity index (χ1n) is 8.69. The second-order valence-corrected chi connectivity index (χ2v) is 7.81. The fourth-order valence-electron chi connectivity index (χ4n) is 3.02. The van der Waals surface area contributed by atoms with Crippen molar-refractivity contribution in [3.05, 3.63) is 29.8 Å². The number of halogens is 1. The van der Waals surface area contributed by atoms with Gasteiger partial charge in [-0.05, 0) is 30.5 Å². The Morgan fingerprint density at radius 3 is 2.38 bits per heavy atom. The van der Waals surface area contributed by atoms with Crippen molar-refractivity contribution in [3.63, 3.8) is 0 Å². The van der Waals surface area contributed by atoms with E-state index in [-0.39, 0.29) is 24.2 Å². The van der Waals surface area contributed by atoms with Crippen LogP contribution >= 0.6 is 24.2 Å². The predicted octanol–water partition coefficient (Wildman–Crippen LogP) is 1.67. The van der Waals surface area contributed by atoms with Crippen LogP contribution in [0.4, 0.5) is 5.69 Å². The van der Waals surface area contributed by atoms with Crippen LogP contribution in [0.5, 0.6) is 0 Å². The van der Waals surface area contributed by atoms with Crippen LogP contribution in [0.2, 0.25) is 0 Å². The van der Waals surface area contributed by atoms with Gasteiger partial charge >= 0.3 is 0 Å². The summed E-state index contributed by atoms with van der Waals surface area (Å²) in [5.41, 5.74) is 6.98. The minimum Gasteiger partial charge on any atom is -0.381 e. The number of nitrogens with two attached hydrogens (primary N) is 1. The van der Waals surface area contributed by atoms with Crippen LogP contribution in [-0.4, -0.2) is 60.1 Å². The number of anilines is 1. The summed E-state index contributed by atoms with van der Waals surface area (Å²) in [5.74, 6) is 2.02. The lowest BCUT2D eigenvalue weighted by Gasteiger charge is -2.31. The number of hydrogen-bond acceptors (Lipinski definition) is 5. The van der Waals surface area contributed by atoms with Gasteiger partial charge in [-0.25, -0.2) is 0 Å². The fraction of sp³-hybridized carbons (Fsp3) is 0.556. The lowest BCUT2D eigenvalue weighted by molar-refractivity contribution is -0.130. The second-order valence-electron chi connectivity index (χ2n) is 6.59. The third-order valence-corrected chi connectivity index (χ3v) is 5.71. The molecule has 0 aromatic heterocycles. The number of nitrogens with one attached hydrogen (secondary N) is 1. The molecule has 2 aliphatic rings. The quantitative estimate of drug-likeness (QED) is 0.804. The van der Waals surface area contributed by atoms with Gasteiger partial charge in [-0.3, -0.25) is 9.59 Å². The zero-order valence-electron chi connectivity index (χ0n) is 14.7. The molecule has 6 nitrogen and oxygen atoms in total. The molecule has 2 saturated heterocycles. The molecule has 26 heavy (non-hydrogen) atoms. The van der Waals surface area contributed by atoms with E-state index in [0.29, 0.717) is 38.2 Å².